The largest absolute Gasteiger partial charge is 0.479 e. The van der Waals surface area contributed by atoms with Crippen molar-refractivity contribution in [1.29, 1.82) is 0 Å². The minimum Gasteiger partial charge on any atom is -0.479 e. The predicted octanol–water partition coefficient (Wildman–Crippen LogP) is 3.40. The number of aliphatic imine (C=N–C) groups is 1. The van der Waals surface area contributed by atoms with Gasteiger partial charge in [-0.15, -0.1) is 5.84 Å². The topological polar surface area (TPSA) is 79.9 Å². The molecule has 0 aromatic heterocycles. The molecule has 2 aromatic rings. The van der Waals surface area contributed by atoms with E-state index < -0.39 is 4.16 Å². The average Bonchev–Trinajstić information content (AvgIpc) is 3.11. The van der Waals surface area contributed by atoms with Gasteiger partial charge in [0.05, 0.1) is 16.6 Å². The van der Waals surface area contributed by atoms with Gasteiger partial charge in [-0.25, -0.2) is 0 Å². The zero-order chi connectivity index (χ0) is 18.7. The van der Waals surface area contributed by atoms with Gasteiger partial charge >= 0.3 is 0 Å². The Morgan fingerprint density at radius 2 is 1.88 bits per heavy atom. The van der Waals surface area contributed by atoms with Crippen LogP contribution in [0.2, 0.25) is 10.0 Å². The van der Waals surface area contributed by atoms with Crippen LogP contribution < -0.4 is 20.1 Å². The maximum absolute atomic E-state index is 9.69. The Morgan fingerprint density at radius 3 is 2.42 bits per heavy atom. The maximum Gasteiger partial charge on any atom is 0.197 e. The van der Waals surface area contributed by atoms with Crippen LogP contribution in [0.5, 0.6) is 5.75 Å². The molecule has 9 heteroatoms. The lowest BCUT2D eigenvalue weighted by Crippen LogP contribution is -2.42. The lowest BCUT2D eigenvalue weighted by Gasteiger charge is -2.21. The molecule has 0 fully saturated rings. The second-order valence-electron chi connectivity index (χ2n) is 5.87. The number of amidine groups is 1. The fourth-order valence-corrected chi connectivity index (χ4v) is 3.25. The van der Waals surface area contributed by atoms with E-state index in [9.17, 15) is 5.21 Å². The maximum atomic E-state index is 9.69. The Kier molecular flexibility index (Phi) is 5.96. The van der Waals surface area contributed by atoms with Gasteiger partial charge in [0, 0.05) is 25.1 Å². The number of para-hydroxylation sites is 1. The second-order valence-corrected chi connectivity index (χ2v) is 7.30. The van der Waals surface area contributed by atoms with Crippen LogP contribution in [0, 0.1) is 0 Å². The molecule has 0 aliphatic carbocycles. The molecule has 0 saturated heterocycles. The summed E-state index contributed by atoms with van der Waals surface area (Å²) in [5.74, 6) is 6.70. The highest BCUT2D eigenvalue weighted by atomic mass is 35.5. The summed E-state index contributed by atoms with van der Waals surface area (Å²) in [5, 5.41) is 13.8. The van der Waals surface area contributed by atoms with Crippen LogP contribution in [0.15, 0.2) is 47.5 Å². The number of nitrogens with zero attached hydrogens (tertiary/aromatic N) is 2. The van der Waals surface area contributed by atoms with Gasteiger partial charge in [-0.1, -0.05) is 41.4 Å². The van der Waals surface area contributed by atoms with Crippen LogP contribution >= 0.6 is 36.0 Å². The predicted molar refractivity (Wildman–Crippen MR) is 108 cm³/mol. The number of quaternary nitrogens is 1. The van der Waals surface area contributed by atoms with Gasteiger partial charge in [0.25, 0.3) is 0 Å². The summed E-state index contributed by atoms with van der Waals surface area (Å²) in [6.07, 6.45) is 0.166. The van der Waals surface area contributed by atoms with Crippen molar-refractivity contribution >= 4 is 47.5 Å². The summed E-state index contributed by atoms with van der Waals surface area (Å²) in [5.41, 5.74) is 1.42. The minimum atomic E-state index is -1.02. The smallest absolute Gasteiger partial charge is 0.197 e. The summed E-state index contributed by atoms with van der Waals surface area (Å²) in [4.78, 5) is 4.46. The molecule has 0 saturated carbocycles. The Bertz CT molecular complexity index is 789. The number of nitrogens with one attached hydrogen (secondary N) is 1. The molecule has 0 bridgehead atoms. The van der Waals surface area contributed by atoms with E-state index in [2.05, 4.69) is 23.1 Å². The van der Waals surface area contributed by atoms with E-state index in [-0.39, 0.29) is 6.10 Å². The quantitative estimate of drug-likeness (QED) is 0.253. The highest BCUT2D eigenvalue weighted by Gasteiger charge is 2.24. The monoisotopic (exact) mass is 413 g/mol. The van der Waals surface area contributed by atoms with Crippen LogP contribution in [0.25, 0.3) is 0 Å². The van der Waals surface area contributed by atoms with Gasteiger partial charge in [0.2, 0.25) is 0 Å². The number of nitrogens with two attached hydrogens (primary N) is 1. The first kappa shape index (κ1) is 19.3. The minimum absolute atomic E-state index is 0.372. The van der Waals surface area contributed by atoms with Crippen LogP contribution in [-0.4, -0.2) is 30.2 Å². The molecule has 1 aliphatic heterocycles. The number of halogens is 2. The van der Waals surface area contributed by atoms with E-state index in [0.29, 0.717) is 34.4 Å². The van der Waals surface area contributed by atoms with Gasteiger partial charge < -0.3 is 10.1 Å². The molecule has 26 heavy (non-hydrogen) atoms. The van der Waals surface area contributed by atoms with Gasteiger partial charge in [0.15, 0.2) is 17.5 Å². The fraction of sp³-hybridized carbons (Fsp3) is 0.235. The van der Waals surface area contributed by atoms with Crippen molar-refractivity contribution in [3.8, 4) is 5.75 Å². The number of hydrogen-bond donors (Lipinski definition) is 4. The second kappa shape index (κ2) is 8.04. The standard InChI is InChI=1S/C17H19Cl2N4O2S/c18-13-2-1-3-14(19)16(13)25-15(17-21-8-9-22-17)10-11-4-6-12(7-5-11)23(20,24)26/h1-7,15,24,26H,8-10,20H2,(H,21,22)/q+1. The molecule has 6 nitrogen and oxygen atoms in total. The van der Waals surface area contributed by atoms with Crippen LogP contribution in [0.3, 0.4) is 0 Å². The molecule has 1 heterocycles. The third-order valence-electron chi connectivity index (χ3n) is 3.92. The van der Waals surface area contributed by atoms with Gasteiger partial charge in [-0.3, -0.25) is 4.99 Å². The molecule has 1 aliphatic rings. The lowest BCUT2D eigenvalue weighted by atomic mass is 10.1. The van der Waals surface area contributed by atoms with E-state index in [1.807, 2.05) is 12.1 Å². The third kappa shape index (κ3) is 4.62. The summed E-state index contributed by atoms with van der Waals surface area (Å²) in [7, 11) is 0. The number of thiol groups is 1. The van der Waals surface area contributed by atoms with Crippen molar-refractivity contribution in [3.05, 3.63) is 58.1 Å². The molecule has 0 amide bonds. The lowest BCUT2D eigenvalue weighted by molar-refractivity contribution is 0.0262. The normalized spacial score (nSPS) is 17.2. The van der Waals surface area contributed by atoms with Crippen molar-refractivity contribution < 1.29 is 9.94 Å². The van der Waals surface area contributed by atoms with E-state index in [1.54, 1.807) is 30.3 Å². The first-order valence-electron chi connectivity index (χ1n) is 7.96. The summed E-state index contributed by atoms with van der Waals surface area (Å²) >= 11 is 16.4. The zero-order valence-corrected chi connectivity index (χ0v) is 16.2. The SMILES string of the molecule is N[N+](O)(S)c1ccc(CC(Oc2c(Cl)cccc2Cl)C2=NCCN2)cc1. The van der Waals surface area contributed by atoms with Crippen molar-refractivity contribution in [3.63, 3.8) is 0 Å². The van der Waals surface area contributed by atoms with Crippen LogP contribution in [0.1, 0.15) is 5.56 Å². The first-order chi connectivity index (χ1) is 12.3. The van der Waals surface area contributed by atoms with Crippen molar-refractivity contribution in [2.45, 2.75) is 12.5 Å². The molecule has 2 atom stereocenters. The highest BCUT2D eigenvalue weighted by molar-refractivity contribution is 7.79. The molecule has 138 valence electrons. The van der Waals surface area contributed by atoms with Crippen molar-refractivity contribution in [2.75, 3.05) is 13.1 Å². The van der Waals surface area contributed by atoms with Gasteiger partial charge in [-0.05, 0) is 21.9 Å². The Labute approximate surface area is 167 Å². The number of ether oxygens (including phenoxy) is 1. The fourth-order valence-electron chi connectivity index (χ4n) is 2.63. The Balaban J connectivity index is 1.83. The summed E-state index contributed by atoms with van der Waals surface area (Å²) in [6, 6.07) is 12.3. The number of hydrogen-bond acceptors (Lipinski definition) is 6. The van der Waals surface area contributed by atoms with Gasteiger partial charge in [-0.2, -0.15) is 5.21 Å². The number of rotatable bonds is 6. The molecule has 3 rings (SSSR count). The number of benzene rings is 2. The summed E-state index contributed by atoms with van der Waals surface area (Å²) in [6.45, 7) is 1.46. The molecule has 2 aromatic carbocycles. The summed E-state index contributed by atoms with van der Waals surface area (Å²) < 4.78 is 5.09. The molecule has 0 radical (unpaired) electrons. The van der Waals surface area contributed by atoms with Crippen molar-refractivity contribution in [2.24, 2.45) is 10.8 Å². The highest BCUT2D eigenvalue weighted by Crippen LogP contribution is 2.34. The van der Waals surface area contributed by atoms with Crippen LogP contribution in [0.4, 0.5) is 5.69 Å². The Hall–Kier alpha value is -1.48. The van der Waals surface area contributed by atoms with Crippen LogP contribution in [-0.2, 0) is 6.42 Å². The molecular weight excluding hydrogens is 395 g/mol. The van der Waals surface area contributed by atoms with E-state index in [0.717, 1.165) is 17.9 Å². The average molecular weight is 414 g/mol. The Morgan fingerprint density at radius 1 is 1.23 bits per heavy atom. The first-order valence-corrected chi connectivity index (χ1v) is 9.11. The third-order valence-corrected chi connectivity index (χ3v) is 4.75. The van der Waals surface area contributed by atoms with Gasteiger partial charge in [0.1, 0.15) is 18.7 Å². The van der Waals surface area contributed by atoms with E-state index in [4.69, 9.17) is 33.8 Å². The molecule has 2 unspecified atom stereocenters. The molecule has 0 spiro atoms. The molecular formula is C17H19Cl2N4O2S+. The zero-order valence-electron chi connectivity index (χ0n) is 13.8. The van der Waals surface area contributed by atoms with E-state index >= 15 is 0 Å². The molecule has 4 N–H and O–H groups in total. The van der Waals surface area contributed by atoms with Crippen molar-refractivity contribution in [1.82, 2.24) is 9.48 Å². The van der Waals surface area contributed by atoms with E-state index in [1.165, 1.54) is 0 Å².